The van der Waals surface area contributed by atoms with E-state index in [1.807, 2.05) is 48.5 Å². The van der Waals surface area contributed by atoms with Gasteiger partial charge in [-0.3, -0.25) is 14.5 Å². The highest BCUT2D eigenvalue weighted by Crippen LogP contribution is 2.44. The van der Waals surface area contributed by atoms with E-state index in [9.17, 15) is 24.3 Å². The number of fused-ring (bicyclic) bond motifs is 3. The van der Waals surface area contributed by atoms with Crippen molar-refractivity contribution in [2.45, 2.75) is 63.6 Å². The molecule has 2 atom stereocenters. The van der Waals surface area contributed by atoms with Gasteiger partial charge in [0.2, 0.25) is 5.91 Å². The zero-order valence-corrected chi connectivity index (χ0v) is 21.2. The van der Waals surface area contributed by atoms with E-state index >= 15 is 0 Å². The number of aliphatic carboxylic acids is 1. The van der Waals surface area contributed by atoms with Crippen LogP contribution in [0.3, 0.4) is 0 Å². The largest absolute Gasteiger partial charge is 0.480 e. The van der Waals surface area contributed by atoms with Crippen LogP contribution in [0.5, 0.6) is 0 Å². The number of hydrogen-bond acceptors (Lipinski definition) is 6. The topological polar surface area (TPSA) is 122 Å². The van der Waals surface area contributed by atoms with Crippen molar-refractivity contribution in [3.63, 3.8) is 0 Å². The zero-order chi connectivity index (χ0) is 26.7. The zero-order valence-electron chi connectivity index (χ0n) is 21.2. The maximum Gasteiger partial charge on any atom is 0.410 e. The summed E-state index contributed by atoms with van der Waals surface area (Å²) >= 11 is 0. The molecule has 4 rings (SSSR count). The van der Waals surface area contributed by atoms with Crippen LogP contribution in [0.2, 0.25) is 0 Å². The van der Waals surface area contributed by atoms with Crippen molar-refractivity contribution in [2.75, 3.05) is 13.2 Å². The predicted octanol–water partition coefficient (Wildman–Crippen LogP) is 3.70. The van der Waals surface area contributed by atoms with Crippen LogP contribution in [0.4, 0.5) is 4.79 Å². The highest BCUT2D eigenvalue weighted by atomic mass is 16.6. The van der Waals surface area contributed by atoms with E-state index in [4.69, 9.17) is 9.47 Å². The van der Waals surface area contributed by atoms with Gasteiger partial charge in [0.15, 0.2) is 0 Å². The van der Waals surface area contributed by atoms with Crippen LogP contribution in [0, 0.1) is 0 Å². The molecule has 9 heteroatoms. The molecule has 2 N–H and O–H groups in total. The number of hydrogen-bond donors (Lipinski definition) is 2. The Balaban J connectivity index is 1.35. The maximum atomic E-state index is 13.0. The molecule has 0 aromatic heterocycles. The number of carboxylic acids is 1. The molecule has 1 heterocycles. The minimum atomic E-state index is -1.17. The molecule has 2 amide bonds. The first-order chi connectivity index (χ1) is 17.5. The lowest BCUT2D eigenvalue weighted by molar-refractivity contribution is -0.155. The van der Waals surface area contributed by atoms with Gasteiger partial charge in [0.05, 0.1) is 6.42 Å². The SMILES string of the molecule is CC(C)(C)OC(=O)CCC(=O)N[C@H]1C[C@@H](C(=O)O)N(C(=O)OCC2c3ccccc3-c3ccccc32)C1. The standard InChI is InChI=1S/C28H32N2O7/c1-28(2,3)37-25(32)13-12-24(31)29-17-14-23(26(33)34)30(15-17)27(35)36-16-22-20-10-6-4-8-18(20)19-9-5-7-11-21(19)22/h4-11,17,22-23H,12-16H2,1-3H3,(H,29,31)(H,33,34)/t17-,23-/m0/s1. The van der Waals surface area contributed by atoms with E-state index in [0.717, 1.165) is 27.2 Å². The predicted molar refractivity (Wildman–Crippen MR) is 135 cm³/mol. The van der Waals surface area contributed by atoms with E-state index in [-0.39, 0.29) is 38.3 Å². The Morgan fingerprint density at radius 1 is 0.973 bits per heavy atom. The number of nitrogens with one attached hydrogen (secondary N) is 1. The summed E-state index contributed by atoms with van der Waals surface area (Å²) in [6.07, 6.45) is -0.861. The summed E-state index contributed by atoms with van der Waals surface area (Å²) in [6.45, 7) is 5.31. The second kappa shape index (κ2) is 10.6. The first kappa shape index (κ1) is 26.2. The smallest absolute Gasteiger partial charge is 0.410 e. The minimum absolute atomic E-state index is 0.00577. The number of benzene rings is 2. The van der Waals surface area contributed by atoms with Crippen LogP contribution >= 0.6 is 0 Å². The van der Waals surface area contributed by atoms with Gasteiger partial charge in [-0.25, -0.2) is 9.59 Å². The molecule has 37 heavy (non-hydrogen) atoms. The Bertz CT molecular complexity index is 1160. The minimum Gasteiger partial charge on any atom is -0.480 e. The van der Waals surface area contributed by atoms with E-state index in [0.29, 0.717) is 0 Å². The molecule has 2 aromatic rings. The highest BCUT2D eigenvalue weighted by Gasteiger charge is 2.41. The van der Waals surface area contributed by atoms with E-state index < -0.39 is 41.6 Å². The van der Waals surface area contributed by atoms with Crippen molar-refractivity contribution in [1.82, 2.24) is 10.2 Å². The Kier molecular flexibility index (Phi) is 7.52. The molecular weight excluding hydrogens is 476 g/mol. The number of rotatable bonds is 7. The normalized spacial score (nSPS) is 18.6. The van der Waals surface area contributed by atoms with Crippen LogP contribution < -0.4 is 5.32 Å². The summed E-state index contributed by atoms with van der Waals surface area (Å²) in [7, 11) is 0. The molecule has 1 aliphatic heterocycles. The highest BCUT2D eigenvalue weighted by molar-refractivity contribution is 5.84. The van der Waals surface area contributed by atoms with Crippen molar-refractivity contribution in [3.8, 4) is 11.1 Å². The first-order valence-corrected chi connectivity index (χ1v) is 12.4. The molecule has 0 spiro atoms. The Labute approximate surface area is 215 Å². The molecule has 1 aliphatic carbocycles. The summed E-state index contributed by atoms with van der Waals surface area (Å²) in [6, 6.07) is 14.2. The van der Waals surface area contributed by atoms with Crippen LogP contribution in [-0.4, -0.2) is 64.8 Å². The first-order valence-electron chi connectivity index (χ1n) is 12.4. The van der Waals surface area contributed by atoms with Gasteiger partial charge in [0.25, 0.3) is 0 Å². The number of esters is 1. The van der Waals surface area contributed by atoms with Gasteiger partial charge in [0, 0.05) is 31.3 Å². The quantitative estimate of drug-likeness (QED) is 0.547. The fourth-order valence-corrected chi connectivity index (χ4v) is 4.96. The Morgan fingerprint density at radius 2 is 1.57 bits per heavy atom. The van der Waals surface area contributed by atoms with Crippen molar-refractivity contribution in [2.24, 2.45) is 0 Å². The Morgan fingerprint density at radius 3 is 2.14 bits per heavy atom. The van der Waals surface area contributed by atoms with Gasteiger partial charge in [-0.05, 0) is 43.0 Å². The van der Waals surface area contributed by atoms with Gasteiger partial charge in [-0.2, -0.15) is 0 Å². The molecule has 2 aromatic carbocycles. The molecule has 9 nitrogen and oxygen atoms in total. The summed E-state index contributed by atoms with van der Waals surface area (Å²) in [5.74, 6) is -2.21. The van der Waals surface area contributed by atoms with E-state index in [2.05, 4.69) is 5.32 Å². The molecule has 1 fully saturated rings. The number of carbonyl (C=O) groups is 4. The second-order valence-electron chi connectivity index (χ2n) is 10.4. The lowest BCUT2D eigenvalue weighted by Crippen LogP contribution is -2.42. The van der Waals surface area contributed by atoms with Crippen LogP contribution in [0.25, 0.3) is 11.1 Å². The molecule has 2 aliphatic rings. The molecule has 1 saturated heterocycles. The number of likely N-dealkylation sites (tertiary alicyclic amines) is 1. The van der Waals surface area contributed by atoms with Crippen molar-refractivity contribution >= 4 is 23.9 Å². The van der Waals surface area contributed by atoms with E-state index in [1.165, 1.54) is 0 Å². The molecule has 196 valence electrons. The molecular formula is C28H32N2O7. The maximum absolute atomic E-state index is 13.0. The number of ether oxygens (including phenoxy) is 2. The monoisotopic (exact) mass is 508 g/mol. The number of carbonyl (C=O) groups excluding carboxylic acids is 3. The molecule has 0 saturated carbocycles. The third kappa shape index (κ3) is 6.10. The second-order valence-corrected chi connectivity index (χ2v) is 10.4. The number of nitrogens with zero attached hydrogens (tertiary/aromatic N) is 1. The van der Waals surface area contributed by atoms with Crippen LogP contribution in [-0.2, 0) is 23.9 Å². The van der Waals surface area contributed by atoms with Gasteiger partial charge in [-0.15, -0.1) is 0 Å². The van der Waals surface area contributed by atoms with Gasteiger partial charge < -0.3 is 19.9 Å². The van der Waals surface area contributed by atoms with Gasteiger partial charge >= 0.3 is 18.0 Å². The molecule has 0 radical (unpaired) electrons. The summed E-state index contributed by atoms with van der Waals surface area (Å²) in [5.41, 5.74) is 3.67. The lowest BCUT2D eigenvalue weighted by atomic mass is 9.98. The number of amides is 2. The fraction of sp³-hybridized carbons (Fsp3) is 0.429. The van der Waals surface area contributed by atoms with Gasteiger partial charge in [-0.1, -0.05) is 48.5 Å². The average molecular weight is 509 g/mol. The lowest BCUT2D eigenvalue weighted by Gasteiger charge is -2.22. The van der Waals surface area contributed by atoms with Crippen molar-refractivity contribution < 1.29 is 33.8 Å². The average Bonchev–Trinajstić information content (AvgIpc) is 3.40. The Hall–Kier alpha value is -3.88. The number of carboxylic acid groups (broad SMARTS) is 1. The fourth-order valence-electron chi connectivity index (χ4n) is 4.96. The third-order valence-electron chi connectivity index (χ3n) is 6.50. The summed E-state index contributed by atoms with van der Waals surface area (Å²) in [5, 5.41) is 12.4. The van der Waals surface area contributed by atoms with E-state index in [1.54, 1.807) is 20.8 Å². The van der Waals surface area contributed by atoms with Crippen molar-refractivity contribution in [3.05, 3.63) is 59.7 Å². The van der Waals surface area contributed by atoms with Gasteiger partial charge in [0.1, 0.15) is 18.2 Å². The summed E-state index contributed by atoms with van der Waals surface area (Å²) < 4.78 is 10.8. The van der Waals surface area contributed by atoms with Crippen LogP contribution in [0.1, 0.15) is 57.1 Å². The van der Waals surface area contributed by atoms with Crippen molar-refractivity contribution in [1.29, 1.82) is 0 Å². The molecule has 0 bridgehead atoms. The third-order valence-corrected chi connectivity index (χ3v) is 6.50. The van der Waals surface area contributed by atoms with Crippen LogP contribution in [0.15, 0.2) is 48.5 Å². The molecule has 0 unspecified atom stereocenters. The summed E-state index contributed by atoms with van der Waals surface area (Å²) in [4.78, 5) is 50.2.